The van der Waals surface area contributed by atoms with Crippen molar-refractivity contribution >= 4 is 10.4 Å². The summed E-state index contributed by atoms with van der Waals surface area (Å²) in [6, 6.07) is 0. The number of rotatable bonds is 1. The van der Waals surface area contributed by atoms with Gasteiger partial charge in [0.25, 0.3) is 0 Å². The second-order valence-electron chi connectivity index (χ2n) is 0.476. The van der Waals surface area contributed by atoms with Gasteiger partial charge in [0.05, 0.1) is 0 Å². The van der Waals surface area contributed by atoms with Crippen molar-refractivity contribution in [3.63, 3.8) is 0 Å². The normalized spacial score (nSPS) is 10.0. The predicted molar refractivity (Wildman–Crippen MR) is 10.8 cm³/mol. The summed E-state index contributed by atoms with van der Waals surface area (Å²) in [5.74, 6) is 0. The fraction of sp³-hybridized carbons (Fsp3) is 0. The molecule has 0 fully saturated rings. The molecule has 0 saturated heterocycles. The van der Waals surface area contributed by atoms with Crippen LogP contribution in [0.15, 0.2) is 0 Å². The summed E-state index contributed by atoms with van der Waals surface area (Å²) in [5, 5.41) is 8.55. The molecule has 0 aliphatic rings. The molecule has 0 N–H and O–H groups in total. The Kier molecular flexibility index (Phi) is 4.93. The average Bonchev–Trinajstić information content (AvgIpc) is 1.35. The van der Waals surface area contributed by atoms with E-state index in [1.165, 1.54) is 0 Å². The van der Waals surface area contributed by atoms with Gasteiger partial charge in [-0.1, -0.05) is 0 Å². The van der Waals surface area contributed by atoms with Gasteiger partial charge in [-0.25, -0.2) is 8.42 Å². The number of hydrogen-bond donors (Lipinski definition) is 0. The zero-order chi connectivity index (χ0) is 5.21. The van der Waals surface area contributed by atoms with E-state index in [-0.39, 0.29) is 16.5 Å². The second kappa shape index (κ2) is 3.34. The fourth-order valence-electron chi connectivity index (χ4n) is 0. The van der Waals surface area contributed by atoms with E-state index < -0.39 is 10.4 Å². The first-order valence-corrected chi connectivity index (χ1v) is 2.17. The van der Waals surface area contributed by atoms with Gasteiger partial charge in [-0.15, -0.1) is 0 Å². The maximum Gasteiger partial charge on any atom is 2.00 e. The Balaban J connectivity index is 0. The van der Waals surface area contributed by atoms with Crippen molar-refractivity contribution in [1.82, 2.24) is 0 Å². The van der Waals surface area contributed by atoms with Crippen LogP contribution in [0, 0.1) is 0 Å². The zero-order valence-corrected chi connectivity index (χ0v) is 4.57. The summed E-state index contributed by atoms with van der Waals surface area (Å²) in [6.07, 6.45) is 0. The van der Waals surface area contributed by atoms with Crippen molar-refractivity contribution in [1.29, 1.82) is 0 Å². The van der Waals surface area contributed by atoms with Crippen LogP contribution in [0.1, 0.15) is 0 Å². The summed E-state index contributed by atoms with van der Waals surface area (Å²) in [6.45, 7) is 0. The van der Waals surface area contributed by atoms with Crippen molar-refractivity contribution in [2.24, 2.45) is 0 Å². The molecule has 0 amide bonds. The van der Waals surface area contributed by atoms with Gasteiger partial charge in [-0.2, -0.15) is 0 Å². The van der Waals surface area contributed by atoms with Crippen LogP contribution < -0.4 is 5.26 Å². The molecule has 5 nitrogen and oxygen atoms in total. The molecule has 7 heavy (non-hydrogen) atoms. The first kappa shape index (κ1) is 10.3. The molecule has 46 valence electrons. The van der Waals surface area contributed by atoms with Gasteiger partial charge in [0, 0.05) is 0 Å². The fourth-order valence-corrected chi connectivity index (χ4v) is 0. The molecule has 0 saturated carbocycles. The van der Waals surface area contributed by atoms with Crippen LogP contribution in [0.25, 0.3) is 0 Å². The first-order valence-electron chi connectivity index (χ1n) is 0.833. The van der Waals surface area contributed by atoms with Crippen LogP contribution in [0.3, 0.4) is 0 Å². The summed E-state index contributed by atoms with van der Waals surface area (Å²) in [5.41, 5.74) is 0. The minimum absolute atomic E-state index is 0. The minimum Gasteiger partial charge on any atom is -0.726 e. The monoisotopic (exact) mass is 170 g/mol. The molecule has 0 heterocycles. The van der Waals surface area contributed by atoms with Crippen LogP contribution in [-0.4, -0.2) is 13.0 Å². The van der Waals surface area contributed by atoms with Crippen LogP contribution in [0.2, 0.25) is 0 Å². The van der Waals surface area contributed by atoms with Crippen molar-refractivity contribution < 1.29 is 39.1 Å². The third-order valence-corrected chi connectivity index (χ3v) is 0.250. The quantitative estimate of drug-likeness (QED) is 0.146. The van der Waals surface area contributed by atoms with E-state index in [9.17, 15) is 0 Å². The van der Waals surface area contributed by atoms with Crippen LogP contribution in [0.4, 0.5) is 0 Å². The van der Waals surface area contributed by atoms with Crippen LogP contribution in [-0.2, 0) is 31.2 Å². The predicted octanol–water partition coefficient (Wildman–Crippen LogP) is -2.26. The topological polar surface area (TPSA) is 89.5 Å². The van der Waals surface area contributed by atoms with Crippen LogP contribution in [0.5, 0.6) is 0 Å². The van der Waals surface area contributed by atoms with Gasteiger partial charge < -0.3 is 14.1 Å². The molecule has 0 spiro atoms. The van der Waals surface area contributed by atoms with Crippen molar-refractivity contribution in [2.45, 2.75) is 0 Å². The van der Waals surface area contributed by atoms with Gasteiger partial charge in [-0.3, -0.25) is 0 Å². The van der Waals surface area contributed by atoms with E-state index >= 15 is 0 Å². The van der Waals surface area contributed by atoms with Crippen molar-refractivity contribution in [2.75, 3.05) is 0 Å². The molecule has 7 heteroatoms. The second-order valence-corrected chi connectivity index (χ2v) is 1.43. The van der Waals surface area contributed by atoms with E-state index in [1.807, 2.05) is 0 Å². The Morgan fingerprint density at radius 3 is 1.57 bits per heavy atom. The SMILES string of the molecule is O=S(=O)([O-])O[O-].[Ni+2]. The van der Waals surface area contributed by atoms with Gasteiger partial charge in [0.15, 0.2) is 0 Å². The maximum atomic E-state index is 8.91. The Bertz CT molecular complexity index is 110. The molecule has 0 radical (unpaired) electrons. The van der Waals surface area contributed by atoms with E-state index in [1.54, 1.807) is 0 Å². The summed E-state index contributed by atoms with van der Waals surface area (Å²) in [7, 11) is -4.97. The summed E-state index contributed by atoms with van der Waals surface area (Å²) in [4.78, 5) is 0. The standard InChI is InChI=1S/Ni.H2O5S/c;1-5-6(2,3)4/h;1H,(H,2,3,4)/q+2;/p-2. The molecule has 0 aliphatic heterocycles. The molecule has 0 aromatic heterocycles. The Hall–Kier alpha value is 0.324. The first-order chi connectivity index (χ1) is 2.56. The molecule has 0 aliphatic carbocycles. The summed E-state index contributed by atoms with van der Waals surface area (Å²) < 4.78 is 28.8. The van der Waals surface area contributed by atoms with Gasteiger partial charge >= 0.3 is 16.5 Å². The molecule has 0 aromatic rings. The Morgan fingerprint density at radius 1 is 1.43 bits per heavy atom. The minimum atomic E-state index is -4.97. The Labute approximate surface area is 50.1 Å². The summed E-state index contributed by atoms with van der Waals surface area (Å²) >= 11 is 0. The zero-order valence-electron chi connectivity index (χ0n) is 2.77. The van der Waals surface area contributed by atoms with E-state index in [4.69, 9.17) is 18.2 Å². The van der Waals surface area contributed by atoms with Gasteiger partial charge in [0.2, 0.25) is 10.4 Å². The third-order valence-electron chi connectivity index (χ3n) is 0.0833. The van der Waals surface area contributed by atoms with E-state index in [0.717, 1.165) is 0 Å². The molecule has 0 rings (SSSR count). The van der Waals surface area contributed by atoms with Crippen molar-refractivity contribution in [3.8, 4) is 0 Å². The largest absolute Gasteiger partial charge is 2.00 e. The van der Waals surface area contributed by atoms with E-state index in [2.05, 4.69) is 4.33 Å². The van der Waals surface area contributed by atoms with Crippen molar-refractivity contribution in [3.05, 3.63) is 0 Å². The average molecular weight is 171 g/mol. The smallest absolute Gasteiger partial charge is 0.726 e. The molecule has 0 unspecified atom stereocenters. The van der Waals surface area contributed by atoms with E-state index in [0.29, 0.717) is 0 Å². The van der Waals surface area contributed by atoms with Crippen LogP contribution >= 0.6 is 0 Å². The van der Waals surface area contributed by atoms with Gasteiger partial charge in [-0.05, 0) is 0 Å². The molecular formula is NiO5S. The molecule has 0 atom stereocenters. The maximum absolute atomic E-state index is 8.91. The molecular weight excluding hydrogens is 171 g/mol. The third kappa shape index (κ3) is 10.7. The number of hydrogen-bond acceptors (Lipinski definition) is 5. The van der Waals surface area contributed by atoms with Gasteiger partial charge in [0.1, 0.15) is 0 Å². The molecule has 0 aromatic carbocycles. The molecule has 0 bridgehead atoms. The Morgan fingerprint density at radius 2 is 1.57 bits per heavy atom.